The van der Waals surface area contributed by atoms with Gasteiger partial charge in [-0.3, -0.25) is 0 Å². The standard InChI is InChI=1S/C9H16/c1-9-7-5-3-2-4-6-8-9/h7H,2-6,8H2,1H3/b9-7-. The van der Waals surface area contributed by atoms with Crippen molar-refractivity contribution in [2.75, 3.05) is 0 Å². The van der Waals surface area contributed by atoms with Crippen LogP contribution >= 0.6 is 0 Å². The summed E-state index contributed by atoms with van der Waals surface area (Å²) in [6, 6.07) is 0. The van der Waals surface area contributed by atoms with Gasteiger partial charge in [0.25, 0.3) is 0 Å². The second-order valence-electron chi connectivity index (χ2n) is 3.00. The highest BCUT2D eigenvalue weighted by atomic mass is 14.0. The largest absolute Gasteiger partial charge is 0.0856 e. The Bertz CT molecular complexity index is 101. The fraction of sp³-hybridized carbons (Fsp3) is 0.778. The van der Waals surface area contributed by atoms with Gasteiger partial charge in [0.1, 0.15) is 0 Å². The summed E-state index contributed by atoms with van der Waals surface area (Å²) in [5.74, 6) is 0. The maximum atomic E-state index is 2.40. The number of allylic oxidation sites excluding steroid dienone is 2. The zero-order valence-corrected chi connectivity index (χ0v) is 6.32. The highest BCUT2D eigenvalue weighted by Gasteiger charge is 1.95. The van der Waals surface area contributed by atoms with Gasteiger partial charge in [0.15, 0.2) is 0 Å². The molecule has 0 saturated carbocycles. The van der Waals surface area contributed by atoms with E-state index in [0.29, 0.717) is 0 Å². The minimum atomic E-state index is 1.33. The van der Waals surface area contributed by atoms with Gasteiger partial charge in [-0.25, -0.2) is 0 Å². The Labute approximate surface area is 58.0 Å². The number of hydrogen-bond acceptors (Lipinski definition) is 0. The van der Waals surface area contributed by atoms with Gasteiger partial charge < -0.3 is 0 Å². The van der Waals surface area contributed by atoms with Crippen molar-refractivity contribution in [2.24, 2.45) is 0 Å². The molecular formula is C9H16. The fourth-order valence-corrected chi connectivity index (χ4v) is 1.35. The summed E-state index contributed by atoms with van der Waals surface area (Å²) < 4.78 is 0. The molecule has 0 unspecified atom stereocenters. The zero-order chi connectivity index (χ0) is 6.53. The second-order valence-corrected chi connectivity index (χ2v) is 3.00. The van der Waals surface area contributed by atoms with E-state index in [1.165, 1.54) is 38.5 Å². The molecule has 0 amide bonds. The average Bonchev–Trinajstić information content (AvgIpc) is 1.79. The van der Waals surface area contributed by atoms with Crippen molar-refractivity contribution in [1.29, 1.82) is 0 Å². The molecule has 9 heavy (non-hydrogen) atoms. The van der Waals surface area contributed by atoms with Gasteiger partial charge in [-0.2, -0.15) is 0 Å². The Balaban J connectivity index is 2.32. The van der Waals surface area contributed by atoms with Crippen LogP contribution in [0.5, 0.6) is 0 Å². The SMILES string of the molecule is C/C1=C/CCCCCC1. The summed E-state index contributed by atoms with van der Waals surface area (Å²) in [5, 5.41) is 0. The normalized spacial score (nSPS) is 27.9. The topological polar surface area (TPSA) is 0 Å². The second kappa shape index (κ2) is 3.71. The van der Waals surface area contributed by atoms with E-state index in [0.717, 1.165) is 0 Å². The third-order valence-corrected chi connectivity index (χ3v) is 2.02. The van der Waals surface area contributed by atoms with Gasteiger partial charge in [-0.05, 0) is 32.6 Å². The first kappa shape index (κ1) is 6.85. The quantitative estimate of drug-likeness (QED) is 0.435. The van der Waals surface area contributed by atoms with E-state index in [1.807, 2.05) is 0 Å². The Morgan fingerprint density at radius 2 is 1.89 bits per heavy atom. The Morgan fingerprint density at radius 3 is 2.78 bits per heavy atom. The van der Waals surface area contributed by atoms with Crippen LogP contribution in [0.3, 0.4) is 0 Å². The summed E-state index contributed by atoms with van der Waals surface area (Å²) >= 11 is 0. The summed E-state index contributed by atoms with van der Waals surface area (Å²) in [5.41, 5.74) is 1.61. The first-order valence-corrected chi connectivity index (χ1v) is 4.05. The Hall–Kier alpha value is -0.260. The monoisotopic (exact) mass is 124 g/mol. The lowest BCUT2D eigenvalue weighted by Gasteiger charge is -2.05. The van der Waals surface area contributed by atoms with Gasteiger partial charge in [0.05, 0.1) is 0 Å². The third kappa shape index (κ3) is 2.69. The van der Waals surface area contributed by atoms with E-state index >= 15 is 0 Å². The maximum absolute atomic E-state index is 2.40. The lowest BCUT2D eigenvalue weighted by Crippen LogP contribution is -1.85. The predicted octanol–water partition coefficient (Wildman–Crippen LogP) is 3.29. The van der Waals surface area contributed by atoms with Crippen molar-refractivity contribution in [3.05, 3.63) is 11.6 Å². The van der Waals surface area contributed by atoms with Crippen molar-refractivity contribution in [3.63, 3.8) is 0 Å². The molecule has 1 rings (SSSR count). The van der Waals surface area contributed by atoms with Gasteiger partial charge in [-0.15, -0.1) is 0 Å². The summed E-state index contributed by atoms with van der Waals surface area (Å²) in [4.78, 5) is 0. The van der Waals surface area contributed by atoms with E-state index < -0.39 is 0 Å². The third-order valence-electron chi connectivity index (χ3n) is 2.02. The molecule has 0 heteroatoms. The molecule has 0 saturated heterocycles. The van der Waals surface area contributed by atoms with Crippen LogP contribution in [0.1, 0.15) is 45.4 Å². The molecule has 0 aromatic carbocycles. The lowest BCUT2D eigenvalue weighted by atomic mass is 10.0. The first-order chi connectivity index (χ1) is 4.39. The average molecular weight is 124 g/mol. The highest BCUT2D eigenvalue weighted by molar-refractivity contribution is 4.98. The van der Waals surface area contributed by atoms with E-state index in [1.54, 1.807) is 5.57 Å². The van der Waals surface area contributed by atoms with Crippen LogP contribution in [0.2, 0.25) is 0 Å². The van der Waals surface area contributed by atoms with Crippen LogP contribution in [0.15, 0.2) is 11.6 Å². The van der Waals surface area contributed by atoms with E-state index in [9.17, 15) is 0 Å². The minimum absolute atomic E-state index is 1.33. The van der Waals surface area contributed by atoms with Gasteiger partial charge >= 0.3 is 0 Å². The molecule has 0 nitrogen and oxygen atoms in total. The Kier molecular flexibility index (Phi) is 2.82. The number of rotatable bonds is 0. The van der Waals surface area contributed by atoms with Gasteiger partial charge in [0.2, 0.25) is 0 Å². The Morgan fingerprint density at radius 1 is 1.11 bits per heavy atom. The summed E-state index contributed by atoms with van der Waals surface area (Å²) in [6.45, 7) is 2.26. The van der Waals surface area contributed by atoms with E-state index in [4.69, 9.17) is 0 Å². The molecule has 0 fully saturated rings. The summed E-state index contributed by atoms with van der Waals surface area (Å²) in [6.07, 6.45) is 10.8. The first-order valence-electron chi connectivity index (χ1n) is 4.05. The molecule has 1 aliphatic carbocycles. The smallest absolute Gasteiger partial charge is 0.0323 e. The maximum Gasteiger partial charge on any atom is -0.0323 e. The van der Waals surface area contributed by atoms with Crippen molar-refractivity contribution in [3.8, 4) is 0 Å². The minimum Gasteiger partial charge on any atom is -0.0856 e. The predicted molar refractivity (Wildman–Crippen MR) is 41.5 cm³/mol. The van der Waals surface area contributed by atoms with Crippen LogP contribution in [0.25, 0.3) is 0 Å². The molecule has 0 atom stereocenters. The van der Waals surface area contributed by atoms with Crippen LogP contribution in [0, 0.1) is 0 Å². The molecular weight excluding hydrogens is 108 g/mol. The van der Waals surface area contributed by atoms with Crippen LogP contribution in [0.4, 0.5) is 0 Å². The van der Waals surface area contributed by atoms with Crippen molar-refractivity contribution < 1.29 is 0 Å². The van der Waals surface area contributed by atoms with Gasteiger partial charge in [-0.1, -0.05) is 24.5 Å². The van der Waals surface area contributed by atoms with Crippen molar-refractivity contribution in [1.82, 2.24) is 0 Å². The molecule has 0 spiro atoms. The molecule has 0 aromatic rings. The summed E-state index contributed by atoms with van der Waals surface area (Å²) in [7, 11) is 0. The van der Waals surface area contributed by atoms with Crippen molar-refractivity contribution >= 4 is 0 Å². The molecule has 52 valence electrons. The molecule has 1 aliphatic rings. The van der Waals surface area contributed by atoms with E-state index in [-0.39, 0.29) is 0 Å². The fourth-order valence-electron chi connectivity index (χ4n) is 1.35. The van der Waals surface area contributed by atoms with Gasteiger partial charge in [0, 0.05) is 0 Å². The molecule has 0 aliphatic heterocycles. The van der Waals surface area contributed by atoms with Crippen LogP contribution in [-0.2, 0) is 0 Å². The number of hydrogen-bond donors (Lipinski definition) is 0. The molecule has 0 bridgehead atoms. The molecule has 0 aromatic heterocycles. The molecule has 0 N–H and O–H groups in total. The van der Waals surface area contributed by atoms with Crippen LogP contribution in [-0.4, -0.2) is 0 Å². The zero-order valence-electron chi connectivity index (χ0n) is 6.32. The lowest BCUT2D eigenvalue weighted by molar-refractivity contribution is 0.625. The van der Waals surface area contributed by atoms with Crippen LogP contribution < -0.4 is 0 Å². The van der Waals surface area contributed by atoms with Crippen molar-refractivity contribution in [2.45, 2.75) is 45.4 Å². The van der Waals surface area contributed by atoms with E-state index in [2.05, 4.69) is 13.0 Å². The molecule has 0 radical (unpaired) electrons. The highest BCUT2D eigenvalue weighted by Crippen LogP contribution is 2.15. The molecule has 0 heterocycles.